The minimum Gasteiger partial charge on any atom is -0.354 e. The summed E-state index contributed by atoms with van der Waals surface area (Å²) in [5, 5.41) is 3.71. The third-order valence-corrected chi connectivity index (χ3v) is 9.10. The number of hydrogen-bond acceptors (Lipinski definition) is 4. The molecule has 0 heterocycles. The van der Waals surface area contributed by atoms with Crippen molar-refractivity contribution < 1.29 is 18.0 Å². The van der Waals surface area contributed by atoms with Gasteiger partial charge in [0.25, 0.3) is 10.0 Å². The molecule has 10 heteroatoms. The second-order valence-corrected chi connectivity index (χ2v) is 12.3. The van der Waals surface area contributed by atoms with Gasteiger partial charge in [0.05, 0.1) is 10.6 Å². The molecule has 0 bridgehead atoms. The van der Waals surface area contributed by atoms with E-state index < -0.39 is 28.5 Å². The Bertz CT molecular complexity index is 1450. The monoisotopic (exact) mass is 603 g/mol. The van der Waals surface area contributed by atoms with Gasteiger partial charge >= 0.3 is 0 Å². The van der Waals surface area contributed by atoms with Gasteiger partial charge in [-0.15, -0.1) is 0 Å². The maximum absolute atomic E-state index is 14.1. The summed E-state index contributed by atoms with van der Waals surface area (Å²) < 4.78 is 29.0. The van der Waals surface area contributed by atoms with Crippen LogP contribution in [0.25, 0.3) is 0 Å². The van der Waals surface area contributed by atoms with E-state index in [0.29, 0.717) is 34.3 Å². The number of sulfonamides is 1. The molecule has 214 valence electrons. The van der Waals surface area contributed by atoms with Crippen LogP contribution in [0.2, 0.25) is 10.0 Å². The predicted octanol–water partition coefficient (Wildman–Crippen LogP) is 6.14. The molecule has 3 rings (SSSR count). The average molecular weight is 605 g/mol. The summed E-state index contributed by atoms with van der Waals surface area (Å²) in [5.74, 6) is -0.836. The van der Waals surface area contributed by atoms with Crippen LogP contribution in [0.1, 0.15) is 43.4 Å². The Morgan fingerprint density at radius 3 is 2.20 bits per heavy atom. The SMILES string of the molecule is CCCNC(=O)[C@H](CC)N(Cc1ccccc1Cl)C(=O)CN(c1ccc(C)c(C)c1)S(=O)(=O)c1ccc(Cl)cc1. The maximum atomic E-state index is 14.1. The van der Waals surface area contributed by atoms with E-state index in [2.05, 4.69) is 5.32 Å². The molecule has 0 saturated carbocycles. The van der Waals surface area contributed by atoms with Crippen LogP contribution in [-0.2, 0) is 26.2 Å². The van der Waals surface area contributed by atoms with Crippen LogP contribution in [0.15, 0.2) is 71.6 Å². The highest BCUT2D eigenvalue weighted by Gasteiger charge is 2.34. The Morgan fingerprint density at radius 2 is 1.60 bits per heavy atom. The first-order valence-corrected chi connectivity index (χ1v) is 15.3. The first kappa shape index (κ1) is 31.5. The molecule has 0 aromatic heterocycles. The molecule has 0 aliphatic rings. The van der Waals surface area contributed by atoms with Crippen molar-refractivity contribution in [1.29, 1.82) is 0 Å². The number of carbonyl (C=O) groups is 2. The number of amides is 2. The molecule has 0 fully saturated rings. The van der Waals surface area contributed by atoms with Crippen molar-refractivity contribution in [1.82, 2.24) is 10.2 Å². The highest BCUT2D eigenvalue weighted by molar-refractivity contribution is 7.92. The first-order valence-electron chi connectivity index (χ1n) is 13.2. The smallest absolute Gasteiger partial charge is 0.264 e. The third kappa shape index (κ3) is 7.56. The third-order valence-electron chi connectivity index (χ3n) is 6.69. The molecule has 0 aliphatic carbocycles. The molecule has 3 aromatic carbocycles. The van der Waals surface area contributed by atoms with Crippen LogP contribution < -0.4 is 9.62 Å². The van der Waals surface area contributed by atoms with Gasteiger partial charge in [0.15, 0.2) is 0 Å². The van der Waals surface area contributed by atoms with Crippen LogP contribution in [0.3, 0.4) is 0 Å². The van der Waals surface area contributed by atoms with Crippen molar-refractivity contribution in [3.05, 3.63) is 93.5 Å². The van der Waals surface area contributed by atoms with Crippen molar-refractivity contribution in [3.8, 4) is 0 Å². The van der Waals surface area contributed by atoms with Crippen LogP contribution in [0.5, 0.6) is 0 Å². The number of nitrogens with zero attached hydrogens (tertiary/aromatic N) is 2. The fraction of sp³-hybridized carbons (Fsp3) is 0.333. The van der Waals surface area contributed by atoms with Crippen LogP contribution >= 0.6 is 23.2 Å². The Morgan fingerprint density at radius 1 is 0.925 bits per heavy atom. The van der Waals surface area contributed by atoms with E-state index in [0.717, 1.165) is 21.9 Å². The van der Waals surface area contributed by atoms with Crippen molar-refractivity contribution in [2.45, 2.75) is 58.0 Å². The van der Waals surface area contributed by atoms with Crippen molar-refractivity contribution in [2.75, 3.05) is 17.4 Å². The van der Waals surface area contributed by atoms with Crippen LogP contribution in [0.4, 0.5) is 5.69 Å². The summed E-state index contributed by atoms with van der Waals surface area (Å²) in [7, 11) is -4.18. The standard InChI is InChI=1S/C30H35Cl2N3O4S/c1-5-17-33-30(37)28(6-2)34(19-23-9-7-8-10-27(23)32)29(36)20-35(25-14-11-21(3)22(4)18-25)40(38,39)26-15-12-24(31)13-16-26/h7-16,18,28H,5-6,17,19-20H2,1-4H3,(H,33,37)/t28-/m0/s1. The number of anilines is 1. The zero-order valence-corrected chi connectivity index (χ0v) is 25.5. The zero-order valence-electron chi connectivity index (χ0n) is 23.2. The van der Waals surface area contributed by atoms with Gasteiger partial charge in [0, 0.05) is 23.1 Å². The Balaban J connectivity index is 2.09. The molecule has 1 atom stereocenters. The molecule has 0 unspecified atom stereocenters. The van der Waals surface area contributed by atoms with Gasteiger partial charge in [-0.25, -0.2) is 8.42 Å². The lowest BCUT2D eigenvalue weighted by molar-refractivity contribution is -0.140. The molecule has 0 radical (unpaired) electrons. The topological polar surface area (TPSA) is 86.8 Å². The number of halogens is 2. The van der Waals surface area contributed by atoms with E-state index in [9.17, 15) is 18.0 Å². The van der Waals surface area contributed by atoms with Crippen molar-refractivity contribution >= 4 is 50.7 Å². The molecule has 1 N–H and O–H groups in total. The number of benzene rings is 3. The highest BCUT2D eigenvalue weighted by atomic mass is 35.5. The summed E-state index contributed by atoms with van der Waals surface area (Å²) in [6.45, 7) is 7.54. The molecule has 3 aromatic rings. The lowest BCUT2D eigenvalue weighted by Crippen LogP contribution is -2.52. The highest BCUT2D eigenvalue weighted by Crippen LogP contribution is 2.28. The van der Waals surface area contributed by atoms with Gasteiger partial charge in [0.1, 0.15) is 12.6 Å². The van der Waals surface area contributed by atoms with Gasteiger partial charge < -0.3 is 10.2 Å². The van der Waals surface area contributed by atoms with E-state index >= 15 is 0 Å². The van der Waals surface area contributed by atoms with E-state index in [1.807, 2.05) is 33.8 Å². The normalized spacial score (nSPS) is 12.1. The number of rotatable bonds is 12. The molecule has 7 nitrogen and oxygen atoms in total. The minimum absolute atomic E-state index is 0.00619. The maximum Gasteiger partial charge on any atom is 0.264 e. The molecular formula is C30H35Cl2N3O4S. The van der Waals surface area contributed by atoms with Crippen molar-refractivity contribution in [3.63, 3.8) is 0 Å². The summed E-state index contributed by atoms with van der Waals surface area (Å²) in [4.78, 5) is 28.6. The van der Waals surface area contributed by atoms with Gasteiger partial charge in [-0.05, 0) is 85.8 Å². The van der Waals surface area contributed by atoms with E-state index in [1.54, 1.807) is 36.4 Å². The van der Waals surface area contributed by atoms with Gasteiger partial charge in [-0.3, -0.25) is 13.9 Å². The summed E-state index contributed by atoms with van der Waals surface area (Å²) in [5.41, 5.74) is 2.85. The number of nitrogens with one attached hydrogen (secondary N) is 1. The molecule has 0 spiro atoms. The Kier molecular flexibility index (Phi) is 11.0. The fourth-order valence-corrected chi connectivity index (χ4v) is 5.97. The van der Waals surface area contributed by atoms with Gasteiger partial charge in [0.2, 0.25) is 11.8 Å². The second kappa shape index (κ2) is 14.0. The summed E-state index contributed by atoms with van der Waals surface area (Å²) in [6.07, 6.45) is 1.07. The average Bonchev–Trinajstić information content (AvgIpc) is 2.93. The zero-order chi connectivity index (χ0) is 29.4. The quantitative estimate of drug-likeness (QED) is 0.269. The number of aryl methyl sites for hydroxylation is 2. The first-order chi connectivity index (χ1) is 19.0. The Hall–Kier alpha value is -3.07. The predicted molar refractivity (Wildman–Crippen MR) is 161 cm³/mol. The lowest BCUT2D eigenvalue weighted by Gasteiger charge is -2.33. The summed E-state index contributed by atoms with van der Waals surface area (Å²) >= 11 is 12.4. The van der Waals surface area contributed by atoms with Crippen LogP contribution in [0, 0.1) is 13.8 Å². The lowest BCUT2D eigenvalue weighted by atomic mass is 10.1. The fourth-order valence-electron chi connectivity index (χ4n) is 4.24. The van der Waals surface area contributed by atoms with Crippen molar-refractivity contribution in [2.24, 2.45) is 0 Å². The molecule has 40 heavy (non-hydrogen) atoms. The molecular weight excluding hydrogens is 569 g/mol. The largest absolute Gasteiger partial charge is 0.354 e. The second-order valence-electron chi connectivity index (χ2n) is 9.56. The summed E-state index contributed by atoms with van der Waals surface area (Å²) in [6, 6.07) is 17.3. The van der Waals surface area contributed by atoms with E-state index in [4.69, 9.17) is 23.2 Å². The minimum atomic E-state index is -4.18. The van der Waals surface area contributed by atoms with Gasteiger partial charge in [-0.1, -0.05) is 61.3 Å². The van der Waals surface area contributed by atoms with E-state index in [1.165, 1.54) is 29.2 Å². The molecule has 0 aliphatic heterocycles. The van der Waals surface area contributed by atoms with Crippen LogP contribution in [-0.4, -0.2) is 44.3 Å². The van der Waals surface area contributed by atoms with Gasteiger partial charge in [-0.2, -0.15) is 0 Å². The van der Waals surface area contributed by atoms with E-state index in [-0.39, 0.29) is 17.3 Å². The number of carbonyl (C=O) groups excluding carboxylic acids is 2. The number of hydrogen-bond donors (Lipinski definition) is 1. The Labute approximate surface area is 247 Å². The molecule has 2 amide bonds. The molecule has 0 saturated heterocycles.